The molecule has 0 saturated heterocycles. The van der Waals surface area contributed by atoms with Crippen LogP contribution in [0.25, 0.3) is 0 Å². The molecule has 0 amide bonds. The molecule has 6 nitrogen and oxygen atoms in total. The molecule has 0 fully saturated rings. The molecule has 0 aliphatic rings. The maximum atomic E-state index is 12.3. The van der Waals surface area contributed by atoms with Gasteiger partial charge in [-0.3, -0.25) is 10.1 Å². The van der Waals surface area contributed by atoms with E-state index in [1.165, 1.54) is 12.1 Å². The number of benzene rings is 1. The summed E-state index contributed by atoms with van der Waals surface area (Å²) in [6.45, 7) is 5.21. The molecule has 118 valence electrons. The fraction of sp³-hybridized carbons (Fsp3) is 0.538. The van der Waals surface area contributed by atoms with Gasteiger partial charge in [0.15, 0.2) is 9.84 Å². The van der Waals surface area contributed by atoms with E-state index in [1.807, 2.05) is 0 Å². The largest absolute Gasteiger partial charge is 0.491 e. The Morgan fingerprint density at radius 2 is 1.90 bits per heavy atom. The van der Waals surface area contributed by atoms with E-state index in [4.69, 9.17) is 16.3 Å². The molecule has 0 radical (unpaired) electrons. The van der Waals surface area contributed by atoms with Crippen LogP contribution in [0.1, 0.15) is 20.8 Å². The quantitative estimate of drug-likeness (QED) is 0.434. The molecule has 21 heavy (non-hydrogen) atoms. The Kier molecular flexibility index (Phi) is 5.98. The van der Waals surface area contributed by atoms with Crippen LogP contribution in [0.2, 0.25) is 0 Å². The fourth-order valence-corrected chi connectivity index (χ4v) is 3.59. The number of nitro benzene ring substituents is 1. The van der Waals surface area contributed by atoms with E-state index in [1.54, 1.807) is 20.8 Å². The van der Waals surface area contributed by atoms with Gasteiger partial charge in [0, 0.05) is 11.9 Å². The van der Waals surface area contributed by atoms with Gasteiger partial charge in [-0.2, -0.15) is 0 Å². The summed E-state index contributed by atoms with van der Waals surface area (Å²) in [6.07, 6.45) is -0.218. The number of non-ortho nitro benzene ring substituents is 1. The van der Waals surface area contributed by atoms with Crippen LogP contribution in [-0.4, -0.2) is 31.1 Å². The van der Waals surface area contributed by atoms with Gasteiger partial charge < -0.3 is 4.74 Å². The zero-order valence-electron chi connectivity index (χ0n) is 12.1. The normalized spacial score (nSPS) is 13.2. The number of halogens is 1. The molecule has 0 aliphatic carbocycles. The maximum absolute atomic E-state index is 12.3. The molecule has 0 bridgehead atoms. The molecule has 1 rings (SSSR count). The van der Waals surface area contributed by atoms with E-state index in [-0.39, 0.29) is 40.0 Å². The molecule has 8 heteroatoms. The summed E-state index contributed by atoms with van der Waals surface area (Å²) >= 11 is 5.63. The van der Waals surface area contributed by atoms with Crippen molar-refractivity contribution in [2.24, 2.45) is 5.92 Å². The van der Waals surface area contributed by atoms with Gasteiger partial charge in [0.25, 0.3) is 5.69 Å². The summed E-state index contributed by atoms with van der Waals surface area (Å²) in [5.74, 6) is -0.0517. The lowest BCUT2D eigenvalue weighted by Crippen LogP contribution is -2.16. The predicted octanol–water partition coefficient (Wildman–Crippen LogP) is 3.03. The number of nitrogens with zero attached hydrogens (tertiary/aromatic N) is 1. The van der Waals surface area contributed by atoms with Gasteiger partial charge >= 0.3 is 0 Å². The third-order valence-corrected chi connectivity index (χ3v) is 5.06. The fourth-order valence-electron chi connectivity index (χ4n) is 1.70. The molecule has 1 aromatic carbocycles. The average molecular weight is 336 g/mol. The lowest BCUT2D eigenvalue weighted by molar-refractivity contribution is -0.385. The van der Waals surface area contributed by atoms with E-state index < -0.39 is 14.8 Å². The Hall–Kier alpha value is -1.34. The molecule has 0 saturated carbocycles. The Morgan fingerprint density at radius 1 is 1.29 bits per heavy atom. The van der Waals surface area contributed by atoms with Gasteiger partial charge in [-0.1, -0.05) is 6.92 Å². The lowest BCUT2D eigenvalue weighted by atomic mass is 10.3. The minimum absolute atomic E-state index is 0.121. The van der Waals surface area contributed by atoms with Crippen molar-refractivity contribution in [1.82, 2.24) is 0 Å². The molecular weight excluding hydrogens is 318 g/mol. The van der Waals surface area contributed by atoms with Crippen LogP contribution in [0.3, 0.4) is 0 Å². The first-order chi connectivity index (χ1) is 9.65. The van der Waals surface area contributed by atoms with Gasteiger partial charge in [-0.05, 0) is 25.8 Å². The van der Waals surface area contributed by atoms with Crippen LogP contribution < -0.4 is 4.74 Å². The van der Waals surface area contributed by atoms with Crippen molar-refractivity contribution >= 4 is 27.1 Å². The number of nitro groups is 1. The SMILES string of the molecule is CC(CCl)CS(=O)(=O)c1cc(OC(C)C)cc([N+](=O)[O-])c1. The second-order valence-electron chi connectivity index (χ2n) is 5.13. The summed E-state index contributed by atoms with van der Waals surface area (Å²) in [4.78, 5) is 10.2. The Balaban J connectivity index is 3.27. The Morgan fingerprint density at radius 3 is 2.38 bits per heavy atom. The van der Waals surface area contributed by atoms with Crippen molar-refractivity contribution in [3.05, 3.63) is 28.3 Å². The molecule has 0 heterocycles. The van der Waals surface area contributed by atoms with Crippen molar-refractivity contribution in [3.63, 3.8) is 0 Å². The van der Waals surface area contributed by atoms with E-state index in [9.17, 15) is 18.5 Å². The minimum atomic E-state index is -3.65. The van der Waals surface area contributed by atoms with E-state index in [0.29, 0.717) is 0 Å². The van der Waals surface area contributed by atoms with Crippen molar-refractivity contribution in [2.75, 3.05) is 11.6 Å². The third kappa shape index (κ3) is 5.17. The van der Waals surface area contributed by atoms with Crippen molar-refractivity contribution in [2.45, 2.75) is 31.8 Å². The highest BCUT2D eigenvalue weighted by Gasteiger charge is 2.22. The van der Waals surface area contributed by atoms with Crippen molar-refractivity contribution in [1.29, 1.82) is 0 Å². The summed E-state index contributed by atoms with van der Waals surface area (Å²) in [7, 11) is -3.65. The van der Waals surface area contributed by atoms with Gasteiger partial charge in [0.05, 0.1) is 27.7 Å². The molecule has 0 spiro atoms. The summed E-state index contributed by atoms with van der Waals surface area (Å²) in [5, 5.41) is 10.9. The molecule has 0 aromatic heterocycles. The standard InChI is InChI=1S/C13H18ClNO5S/c1-9(2)20-12-4-11(15(16)17)5-13(6-12)21(18,19)8-10(3)7-14/h4-6,9-10H,7-8H2,1-3H3. The number of hydrogen-bond acceptors (Lipinski definition) is 5. The molecular formula is C13H18ClNO5S. The molecule has 1 unspecified atom stereocenters. The maximum Gasteiger partial charge on any atom is 0.274 e. The van der Waals surface area contributed by atoms with Crippen LogP contribution in [0.4, 0.5) is 5.69 Å². The van der Waals surface area contributed by atoms with Crippen LogP contribution in [0.5, 0.6) is 5.75 Å². The van der Waals surface area contributed by atoms with Crippen LogP contribution in [-0.2, 0) is 9.84 Å². The van der Waals surface area contributed by atoms with Crippen molar-refractivity contribution in [3.8, 4) is 5.75 Å². The van der Waals surface area contributed by atoms with E-state index >= 15 is 0 Å². The molecule has 1 aromatic rings. The molecule has 0 N–H and O–H groups in total. The van der Waals surface area contributed by atoms with Gasteiger partial charge in [-0.25, -0.2) is 8.42 Å². The third-order valence-electron chi connectivity index (χ3n) is 2.57. The number of alkyl halides is 1. The summed E-state index contributed by atoms with van der Waals surface area (Å²) in [5.41, 5.74) is -0.315. The topological polar surface area (TPSA) is 86.5 Å². The first kappa shape index (κ1) is 17.7. The molecule has 1 atom stereocenters. The average Bonchev–Trinajstić information content (AvgIpc) is 2.36. The van der Waals surface area contributed by atoms with E-state index in [2.05, 4.69) is 0 Å². The van der Waals surface area contributed by atoms with Crippen LogP contribution in [0.15, 0.2) is 23.1 Å². The first-order valence-corrected chi connectivity index (χ1v) is 8.59. The van der Waals surface area contributed by atoms with Crippen LogP contribution >= 0.6 is 11.6 Å². The Labute approximate surface area is 129 Å². The zero-order valence-corrected chi connectivity index (χ0v) is 13.6. The lowest BCUT2D eigenvalue weighted by Gasteiger charge is -2.13. The second kappa shape index (κ2) is 7.09. The predicted molar refractivity (Wildman–Crippen MR) is 80.8 cm³/mol. The number of rotatable bonds is 7. The molecule has 0 aliphatic heterocycles. The van der Waals surface area contributed by atoms with Crippen LogP contribution in [0, 0.1) is 16.0 Å². The smallest absolute Gasteiger partial charge is 0.274 e. The number of hydrogen-bond donors (Lipinski definition) is 0. The van der Waals surface area contributed by atoms with Gasteiger partial charge in [0.2, 0.25) is 0 Å². The minimum Gasteiger partial charge on any atom is -0.491 e. The zero-order chi connectivity index (χ0) is 16.2. The Bertz CT molecular complexity index is 615. The van der Waals surface area contributed by atoms with Gasteiger partial charge in [-0.15, -0.1) is 11.6 Å². The highest BCUT2D eigenvalue weighted by atomic mass is 35.5. The second-order valence-corrected chi connectivity index (χ2v) is 7.47. The first-order valence-electron chi connectivity index (χ1n) is 6.40. The van der Waals surface area contributed by atoms with Crippen molar-refractivity contribution < 1.29 is 18.1 Å². The number of sulfone groups is 1. The van der Waals surface area contributed by atoms with E-state index in [0.717, 1.165) is 6.07 Å². The summed E-state index contributed by atoms with van der Waals surface area (Å²) < 4.78 is 29.9. The highest BCUT2D eigenvalue weighted by Crippen LogP contribution is 2.27. The van der Waals surface area contributed by atoms with Gasteiger partial charge in [0.1, 0.15) is 5.75 Å². The monoisotopic (exact) mass is 335 g/mol. The summed E-state index contributed by atoms with van der Waals surface area (Å²) in [6, 6.07) is 3.57. The number of ether oxygens (including phenoxy) is 1. The highest BCUT2D eigenvalue weighted by molar-refractivity contribution is 7.91.